The number of hydrogen-bond donors (Lipinski definition) is 1. The van der Waals surface area contributed by atoms with Gasteiger partial charge in [-0.3, -0.25) is 0 Å². The number of carbonyl (C=O) groups is 1. The molecule has 1 heterocycles. The zero-order chi connectivity index (χ0) is 13.2. The maximum absolute atomic E-state index is 11.6. The van der Waals surface area contributed by atoms with Crippen LogP contribution in [-0.4, -0.2) is 25.2 Å². The van der Waals surface area contributed by atoms with E-state index in [0.29, 0.717) is 0 Å². The summed E-state index contributed by atoms with van der Waals surface area (Å²) in [6.07, 6.45) is 0.919. The van der Waals surface area contributed by atoms with Crippen LogP contribution in [0, 0.1) is 0 Å². The molecule has 1 aromatic rings. The number of esters is 1. The fraction of sp³-hybridized carbons (Fsp3) is 0.500. The van der Waals surface area contributed by atoms with Gasteiger partial charge in [-0.1, -0.05) is 12.1 Å². The minimum absolute atomic E-state index is 0.367. The van der Waals surface area contributed by atoms with Gasteiger partial charge < -0.3 is 14.8 Å². The van der Waals surface area contributed by atoms with Crippen molar-refractivity contribution in [1.29, 1.82) is 0 Å². The molecule has 0 spiro atoms. The van der Waals surface area contributed by atoms with Crippen LogP contribution in [0.15, 0.2) is 18.2 Å². The third kappa shape index (κ3) is 2.48. The second kappa shape index (κ2) is 4.98. The van der Waals surface area contributed by atoms with Crippen molar-refractivity contribution in [1.82, 2.24) is 5.32 Å². The molecule has 1 aliphatic rings. The SMILES string of the molecule is COC(=O)C(C)(C)Oc1cccc2c1CCNC2. The molecule has 4 nitrogen and oxygen atoms in total. The number of hydrogen-bond acceptors (Lipinski definition) is 4. The van der Waals surface area contributed by atoms with Gasteiger partial charge in [-0.05, 0) is 44.0 Å². The van der Waals surface area contributed by atoms with Crippen LogP contribution in [0.2, 0.25) is 0 Å². The van der Waals surface area contributed by atoms with E-state index in [1.54, 1.807) is 13.8 Å². The van der Waals surface area contributed by atoms with Crippen LogP contribution >= 0.6 is 0 Å². The van der Waals surface area contributed by atoms with Gasteiger partial charge >= 0.3 is 5.97 Å². The lowest BCUT2D eigenvalue weighted by Gasteiger charge is -2.27. The summed E-state index contributed by atoms with van der Waals surface area (Å²) in [6, 6.07) is 5.95. The molecule has 2 rings (SSSR count). The van der Waals surface area contributed by atoms with Crippen LogP contribution in [0.25, 0.3) is 0 Å². The maximum atomic E-state index is 11.6. The topological polar surface area (TPSA) is 47.6 Å². The van der Waals surface area contributed by atoms with Gasteiger partial charge in [-0.2, -0.15) is 0 Å². The monoisotopic (exact) mass is 249 g/mol. The van der Waals surface area contributed by atoms with Gasteiger partial charge in [0.05, 0.1) is 7.11 Å². The van der Waals surface area contributed by atoms with Crippen molar-refractivity contribution in [2.45, 2.75) is 32.4 Å². The van der Waals surface area contributed by atoms with Crippen molar-refractivity contribution in [2.24, 2.45) is 0 Å². The Hall–Kier alpha value is -1.55. The molecule has 0 fully saturated rings. The number of rotatable bonds is 3. The van der Waals surface area contributed by atoms with Crippen LogP contribution < -0.4 is 10.1 Å². The predicted molar refractivity (Wildman–Crippen MR) is 68.6 cm³/mol. The fourth-order valence-corrected chi connectivity index (χ4v) is 2.15. The molecule has 1 N–H and O–H groups in total. The Morgan fingerprint density at radius 1 is 1.39 bits per heavy atom. The summed E-state index contributed by atoms with van der Waals surface area (Å²) in [5, 5.41) is 3.32. The Morgan fingerprint density at radius 2 is 2.17 bits per heavy atom. The molecule has 0 bridgehead atoms. The molecule has 0 unspecified atom stereocenters. The molecule has 0 aromatic heterocycles. The van der Waals surface area contributed by atoms with E-state index in [4.69, 9.17) is 9.47 Å². The van der Waals surface area contributed by atoms with Gasteiger partial charge in [-0.25, -0.2) is 4.79 Å². The van der Waals surface area contributed by atoms with E-state index < -0.39 is 5.60 Å². The van der Waals surface area contributed by atoms with Crippen molar-refractivity contribution in [3.05, 3.63) is 29.3 Å². The highest BCUT2D eigenvalue weighted by atomic mass is 16.6. The molecule has 0 amide bonds. The van der Waals surface area contributed by atoms with Crippen LogP contribution in [0.4, 0.5) is 0 Å². The fourth-order valence-electron chi connectivity index (χ4n) is 2.15. The Balaban J connectivity index is 2.27. The maximum Gasteiger partial charge on any atom is 0.349 e. The molecule has 0 saturated heterocycles. The molecule has 0 atom stereocenters. The van der Waals surface area contributed by atoms with Crippen LogP contribution in [0.5, 0.6) is 5.75 Å². The van der Waals surface area contributed by atoms with Crippen molar-refractivity contribution < 1.29 is 14.3 Å². The Morgan fingerprint density at radius 3 is 2.89 bits per heavy atom. The van der Waals surface area contributed by atoms with E-state index >= 15 is 0 Å². The largest absolute Gasteiger partial charge is 0.476 e. The van der Waals surface area contributed by atoms with E-state index in [0.717, 1.165) is 25.3 Å². The average Bonchev–Trinajstić information content (AvgIpc) is 2.38. The first-order valence-electron chi connectivity index (χ1n) is 6.13. The van der Waals surface area contributed by atoms with Gasteiger partial charge in [0.2, 0.25) is 0 Å². The highest BCUT2D eigenvalue weighted by molar-refractivity contribution is 5.79. The summed E-state index contributed by atoms with van der Waals surface area (Å²) in [6.45, 7) is 5.23. The van der Waals surface area contributed by atoms with Gasteiger partial charge in [-0.15, -0.1) is 0 Å². The second-order valence-electron chi connectivity index (χ2n) is 4.92. The summed E-state index contributed by atoms with van der Waals surface area (Å²) < 4.78 is 10.6. The number of fused-ring (bicyclic) bond motifs is 1. The minimum atomic E-state index is -0.964. The summed E-state index contributed by atoms with van der Waals surface area (Å²) >= 11 is 0. The Bertz CT molecular complexity index is 454. The summed E-state index contributed by atoms with van der Waals surface area (Å²) in [7, 11) is 1.37. The van der Waals surface area contributed by atoms with E-state index in [9.17, 15) is 4.79 Å². The van der Waals surface area contributed by atoms with E-state index in [2.05, 4.69) is 11.4 Å². The van der Waals surface area contributed by atoms with E-state index in [-0.39, 0.29) is 5.97 Å². The predicted octanol–water partition coefficient (Wildman–Crippen LogP) is 1.66. The average molecular weight is 249 g/mol. The van der Waals surface area contributed by atoms with Gasteiger partial charge in [0.1, 0.15) is 5.75 Å². The van der Waals surface area contributed by atoms with Crippen molar-refractivity contribution >= 4 is 5.97 Å². The van der Waals surface area contributed by atoms with Crippen LogP contribution in [0.1, 0.15) is 25.0 Å². The first kappa shape index (κ1) is 12.9. The van der Waals surface area contributed by atoms with Gasteiger partial charge in [0, 0.05) is 6.54 Å². The molecule has 1 aromatic carbocycles. The Kier molecular flexibility index (Phi) is 3.57. The van der Waals surface area contributed by atoms with Crippen LogP contribution in [0.3, 0.4) is 0 Å². The first-order valence-corrected chi connectivity index (χ1v) is 6.13. The van der Waals surface area contributed by atoms with Crippen LogP contribution in [-0.2, 0) is 22.5 Å². The number of benzene rings is 1. The Labute approximate surface area is 107 Å². The molecule has 18 heavy (non-hydrogen) atoms. The zero-order valence-corrected chi connectivity index (χ0v) is 11.1. The molecule has 0 saturated carbocycles. The third-order valence-corrected chi connectivity index (χ3v) is 3.14. The lowest BCUT2D eigenvalue weighted by Crippen LogP contribution is -2.39. The first-order chi connectivity index (χ1) is 8.54. The zero-order valence-electron chi connectivity index (χ0n) is 11.1. The molecule has 4 heteroatoms. The molecule has 0 radical (unpaired) electrons. The molecule has 1 aliphatic heterocycles. The number of methoxy groups -OCH3 is 1. The molecule has 0 aliphatic carbocycles. The number of carbonyl (C=O) groups excluding carboxylic acids is 1. The normalized spacial score (nSPS) is 14.8. The van der Waals surface area contributed by atoms with Crippen molar-refractivity contribution in [2.75, 3.05) is 13.7 Å². The second-order valence-corrected chi connectivity index (χ2v) is 4.92. The molecular weight excluding hydrogens is 230 g/mol. The lowest BCUT2D eigenvalue weighted by molar-refractivity contribution is -0.156. The summed E-state index contributed by atoms with van der Waals surface area (Å²) in [5.74, 6) is 0.415. The van der Waals surface area contributed by atoms with E-state index in [1.165, 1.54) is 18.2 Å². The smallest absolute Gasteiger partial charge is 0.349 e. The van der Waals surface area contributed by atoms with Crippen molar-refractivity contribution in [3.8, 4) is 5.75 Å². The summed E-state index contributed by atoms with van der Waals surface area (Å²) in [5.41, 5.74) is 1.46. The van der Waals surface area contributed by atoms with E-state index in [1.807, 2.05) is 12.1 Å². The standard InChI is InChI=1S/C14H19NO3/c1-14(2,13(16)17-3)18-12-6-4-5-10-9-15-8-7-11(10)12/h4-6,15H,7-9H2,1-3H3. The highest BCUT2D eigenvalue weighted by Crippen LogP contribution is 2.28. The summed E-state index contributed by atoms with van der Waals surface area (Å²) in [4.78, 5) is 11.6. The molecular formula is C14H19NO3. The van der Waals surface area contributed by atoms with Crippen molar-refractivity contribution in [3.63, 3.8) is 0 Å². The van der Waals surface area contributed by atoms with Gasteiger partial charge in [0.25, 0.3) is 0 Å². The minimum Gasteiger partial charge on any atom is -0.476 e. The molecule has 98 valence electrons. The lowest BCUT2D eigenvalue weighted by atomic mass is 9.99. The third-order valence-electron chi connectivity index (χ3n) is 3.14. The van der Waals surface area contributed by atoms with Gasteiger partial charge in [0.15, 0.2) is 5.60 Å². The highest BCUT2D eigenvalue weighted by Gasteiger charge is 2.32. The quantitative estimate of drug-likeness (QED) is 0.828. The number of ether oxygens (including phenoxy) is 2. The number of nitrogens with one attached hydrogen (secondary N) is 1.